The van der Waals surface area contributed by atoms with Crippen molar-refractivity contribution < 1.29 is 43.7 Å². The van der Waals surface area contributed by atoms with Crippen LogP contribution in [0.4, 0.5) is 4.79 Å². The molecule has 48 heavy (non-hydrogen) atoms. The number of benzene rings is 3. The van der Waals surface area contributed by atoms with Crippen molar-refractivity contribution >= 4 is 41.6 Å². The predicted molar refractivity (Wildman–Crippen MR) is 181 cm³/mol. The molecule has 256 valence electrons. The van der Waals surface area contributed by atoms with E-state index in [1.165, 1.54) is 18.2 Å². The minimum absolute atomic E-state index is 0.106. The number of hydrogen-bond acceptors (Lipinski definition) is 8. The zero-order valence-corrected chi connectivity index (χ0v) is 27.9. The van der Waals surface area contributed by atoms with Gasteiger partial charge in [-0.15, -0.1) is 0 Å². The van der Waals surface area contributed by atoms with E-state index < -0.39 is 54.1 Å². The normalized spacial score (nSPS) is 12.2. The fraction of sp³-hybridized carbons (Fsp3) is 0.343. The highest BCUT2D eigenvalue weighted by Crippen LogP contribution is 2.22. The van der Waals surface area contributed by atoms with Gasteiger partial charge in [0.2, 0.25) is 11.8 Å². The van der Waals surface area contributed by atoms with Crippen LogP contribution in [0.15, 0.2) is 78.9 Å². The number of nitrogens with one attached hydrogen (secondary N) is 3. The molecule has 0 fully saturated rings. The van der Waals surface area contributed by atoms with E-state index in [0.29, 0.717) is 17.9 Å². The molecule has 0 saturated carbocycles. The van der Waals surface area contributed by atoms with E-state index in [-0.39, 0.29) is 24.2 Å². The summed E-state index contributed by atoms with van der Waals surface area (Å²) in [6.07, 6.45) is -0.813. The summed E-state index contributed by atoms with van der Waals surface area (Å²) in [5.41, 5.74) is 1.15. The number of alkyl carbamates (subject to hydrolysis) is 1. The summed E-state index contributed by atoms with van der Waals surface area (Å²) in [7, 11) is 0. The number of thioether (sulfide) groups is 1. The third-order valence-electron chi connectivity index (χ3n) is 6.65. The lowest BCUT2D eigenvalue weighted by molar-refractivity contribution is -0.139. The monoisotopic (exact) mass is 679 g/mol. The van der Waals surface area contributed by atoms with Gasteiger partial charge in [-0.25, -0.2) is 14.4 Å². The van der Waals surface area contributed by atoms with Gasteiger partial charge in [-0.2, -0.15) is 11.8 Å². The minimum atomic E-state index is -1.36. The molecule has 0 radical (unpaired) electrons. The Morgan fingerprint density at radius 3 is 1.98 bits per heavy atom. The van der Waals surface area contributed by atoms with Crippen molar-refractivity contribution in [1.29, 1.82) is 0 Å². The maximum absolute atomic E-state index is 13.7. The molecule has 12 nitrogen and oxygen atoms in total. The number of carbonyl (C=O) groups excluding carboxylic acids is 3. The maximum Gasteiger partial charge on any atom is 0.408 e. The first-order chi connectivity index (χ1) is 22.8. The molecule has 5 N–H and O–H groups in total. The third-order valence-corrected chi connectivity index (χ3v) is 7.68. The van der Waals surface area contributed by atoms with E-state index in [1.807, 2.05) is 36.4 Å². The first kappa shape index (κ1) is 37.4. The number of ether oxygens (including phenoxy) is 2. The highest BCUT2D eigenvalue weighted by Gasteiger charge is 2.29. The van der Waals surface area contributed by atoms with Crippen LogP contribution in [0.5, 0.6) is 5.75 Å². The van der Waals surface area contributed by atoms with Crippen LogP contribution >= 0.6 is 11.8 Å². The number of hydrogen-bond donors (Lipinski definition) is 5. The molecule has 0 bridgehead atoms. The average molecular weight is 680 g/mol. The number of carbonyl (C=O) groups is 5. The third kappa shape index (κ3) is 13.4. The predicted octanol–water partition coefficient (Wildman–Crippen LogP) is 4.06. The van der Waals surface area contributed by atoms with E-state index in [2.05, 4.69) is 16.0 Å². The lowest BCUT2D eigenvalue weighted by Gasteiger charge is -2.25. The molecule has 0 unspecified atom stereocenters. The molecule has 0 aliphatic heterocycles. The Balaban J connectivity index is 1.81. The van der Waals surface area contributed by atoms with E-state index in [9.17, 15) is 29.1 Å². The van der Waals surface area contributed by atoms with Crippen molar-refractivity contribution in [3.8, 4) is 5.75 Å². The highest BCUT2D eigenvalue weighted by atomic mass is 32.2. The van der Waals surface area contributed by atoms with E-state index in [1.54, 1.807) is 56.8 Å². The first-order valence-electron chi connectivity index (χ1n) is 15.2. The number of rotatable bonds is 17. The lowest BCUT2D eigenvalue weighted by Crippen LogP contribution is -2.55. The molecule has 13 heteroatoms. The van der Waals surface area contributed by atoms with Crippen molar-refractivity contribution in [3.63, 3.8) is 0 Å². The Hall–Kier alpha value is -5.04. The van der Waals surface area contributed by atoms with Gasteiger partial charge < -0.3 is 35.6 Å². The summed E-state index contributed by atoms with van der Waals surface area (Å²) in [6.45, 7) is 4.65. The largest absolute Gasteiger partial charge is 0.481 e. The Morgan fingerprint density at radius 1 is 0.771 bits per heavy atom. The standard InChI is InChI=1S/C35H41N3O9S/c1-35(2,3)47-34(45)38-28(19-23-10-6-4-7-11-23)32(42)37-27(31(41)36-16-17-48-22-24-12-8-5-9-13-24)20-25-14-15-29(46-21-30(39)40)26(18-25)33(43)44/h4-15,18,27-28H,16-17,19-22H2,1-3H3,(H,36,41)(H,37,42)(H,38,45)(H,39,40)(H,43,44)/t27-,28-/m0/s1. The van der Waals surface area contributed by atoms with Gasteiger partial charge in [0.25, 0.3) is 0 Å². The van der Waals surface area contributed by atoms with Crippen LogP contribution in [-0.2, 0) is 37.7 Å². The van der Waals surface area contributed by atoms with Crippen molar-refractivity contribution in [2.75, 3.05) is 18.9 Å². The smallest absolute Gasteiger partial charge is 0.408 e. The minimum Gasteiger partial charge on any atom is -0.481 e. The van der Waals surface area contributed by atoms with Gasteiger partial charge in [0.15, 0.2) is 6.61 Å². The second-order valence-corrected chi connectivity index (χ2v) is 12.9. The molecule has 0 aliphatic carbocycles. The van der Waals surface area contributed by atoms with E-state index in [4.69, 9.17) is 14.6 Å². The number of aromatic carboxylic acids is 1. The zero-order valence-electron chi connectivity index (χ0n) is 27.1. The Morgan fingerprint density at radius 2 is 1.38 bits per heavy atom. The van der Waals surface area contributed by atoms with E-state index in [0.717, 1.165) is 16.9 Å². The quantitative estimate of drug-likeness (QED) is 0.131. The zero-order chi connectivity index (χ0) is 35.1. The highest BCUT2D eigenvalue weighted by molar-refractivity contribution is 7.98. The molecule has 3 amide bonds. The van der Waals surface area contributed by atoms with Gasteiger partial charge in [0, 0.05) is 30.9 Å². The number of carboxylic acids is 2. The molecule has 3 aromatic carbocycles. The van der Waals surface area contributed by atoms with Gasteiger partial charge in [0.05, 0.1) is 0 Å². The molecule has 0 saturated heterocycles. The van der Waals surface area contributed by atoms with Crippen molar-refractivity contribution in [2.45, 2.75) is 57.1 Å². The summed E-state index contributed by atoms with van der Waals surface area (Å²) in [4.78, 5) is 62.9. The van der Waals surface area contributed by atoms with Gasteiger partial charge in [-0.1, -0.05) is 66.7 Å². The topological polar surface area (TPSA) is 180 Å². The Kier molecular flexibility index (Phi) is 14.3. The molecule has 0 aliphatic rings. The second-order valence-electron chi connectivity index (χ2n) is 11.8. The van der Waals surface area contributed by atoms with Crippen LogP contribution in [0, 0.1) is 0 Å². The summed E-state index contributed by atoms with van der Waals surface area (Å²) in [5.74, 6) is -2.60. The van der Waals surface area contributed by atoms with Crippen LogP contribution in [0.1, 0.15) is 47.8 Å². The molecular weight excluding hydrogens is 638 g/mol. The molecule has 3 aromatic rings. The number of amides is 3. The SMILES string of the molecule is CC(C)(C)OC(=O)N[C@@H](Cc1ccccc1)C(=O)N[C@@H](Cc1ccc(OCC(=O)O)c(C(=O)O)c1)C(=O)NCCSCc1ccccc1. The van der Waals surface area contributed by atoms with Crippen LogP contribution < -0.4 is 20.7 Å². The van der Waals surface area contributed by atoms with Crippen LogP contribution in [-0.4, -0.2) is 76.6 Å². The lowest BCUT2D eigenvalue weighted by atomic mass is 10.0. The summed E-state index contributed by atoms with van der Waals surface area (Å²) >= 11 is 1.62. The van der Waals surface area contributed by atoms with Gasteiger partial charge in [0.1, 0.15) is 29.0 Å². The molecule has 0 aromatic heterocycles. The van der Waals surface area contributed by atoms with E-state index >= 15 is 0 Å². The van der Waals surface area contributed by atoms with Crippen LogP contribution in [0.2, 0.25) is 0 Å². The summed E-state index contributed by atoms with van der Waals surface area (Å²) in [6, 6.07) is 20.7. The van der Waals surface area contributed by atoms with Crippen molar-refractivity contribution in [2.24, 2.45) is 0 Å². The molecule has 0 heterocycles. The van der Waals surface area contributed by atoms with Crippen molar-refractivity contribution in [3.05, 3.63) is 101 Å². The summed E-state index contributed by atoms with van der Waals surface area (Å²) in [5, 5.41) is 26.9. The Labute approximate surface area is 283 Å². The molecule has 0 spiro atoms. The number of carboxylic acid groups (broad SMARTS) is 2. The molecule has 3 rings (SSSR count). The van der Waals surface area contributed by atoms with Gasteiger partial charge >= 0.3 is 18.0 Å². The number of aliphatic carboxylic acids is 1. The van der Waals surface area contributed by atoms with Gasteiger partial charge in [-0.3, -0.25) is 9.59 Å². The van der Waals surface area contributed by atoms with Crippen LogP contribution in [0.3, 0.4) is 0 Å². The molecule has 2 atom stereocenters. The van der Waals surface area contributed by atoms with Crippen LogP contribution in [0.25, 0.3) is 0 Å². The molecular formula is C35H41N3O9S. The summed E-state index contributed by atoms with van der Waals surface area (Å²) < 4.78 is 10.5. The fourth-order valence-corrected chi connectivity index (χ4v) is 5.32. The Bertz CT molecular complexity index is 1550. The second kappa shape index (κ2) is 18.3. The first-order valence-corrected chi connectivity index (χ1v) is 16.4. The maximum atomic E-state index is 13.7. The average Bonchev–Trinajstić information content (AvgIpc) is 3.03. The van der Waals surface area contributed by atoms with Crippen molar-refractivity contribution in [1.82, 2.24) is 16.0 Å². The van der Waals surface area contributed by atoms with Gasteiger partial charge in [-0.05, 0) is 49.6 Å². The fourth-order valence-electron chi connectivity index (χ4n) is 4.50.